The van der Waals surface area contributed by atoms with E-state index in [1.807, 2.05) is 11.8 Å². The predicted molar refractivity (Wildman–Crippen MR) is 159 cm³/mol. The van der Waals surface area contributed by atoms with Crippen LogP contribution in [-0.4, -0.2) is 101 Å². The molecule has 43 heavy (non-hydrogen) atoms. The summed E-state index contributed by atoms with van der Waals surface area (Å²) in [5.74, 6) is -0.373. The first-order valence-corrected chi connectivity index (χ1v) is 16.1. The monoisotopic (exact) mass is 627 g/mol. The molecule has 15 heteroatoms. The van der Waals surface area contributed by atoms with Gasteiger partial charge in [0.1, 0.15) is 0 Å². The number of hydrogen-bond acceptors (Lipinski definition) is 10. The van der Waals surface area contributed by atoms with E-state index in [0.717, 1.165) is 37.9 Å². The second-order valence-electron chi connectivity index (χ2n) is 10.5. The van der Waals surface area contributed by atoms with E-state index < -0.39 is 5.97 Å². The number of fused-ring (bicyclic) bond motifs is 1. The van der Waals surface area contributed by atoms with Crippen LogP contribution in [0.1, 0.15) is 64.2 Å². The Kier molecular flexibility index (Phi) is 15.3. The van der Waals surface area contributed by atoms with Crippen LogP contribution in [0.5, 0.6) is 11.8 Å². The molecule has 0 spiro atoms. The molecular formula is C28H45N5O9S. The molecule has 4 amide bonds. The van der Waals surface area contributed by atoms with Gasteiger partial charge in [-0.15, -0.1) is 4.73 Å². The molecule has 6 N–H and O–H groups in total. The quantitative estimate of drug-likeness (QED) is 0.0805. The number of unbranched alkanes of at least 4 members (excludes halogenated alkanes) is 4. The Labute approximate surface area is 255 Å². The van der Waals surface area contributed by atoms with Gasteiger partial charge in [-0.25, -0.2) is 9.59 Å². The molecular weight excluding hydrogens is 582 g/mol. The van der Waals surface area contributed by atoms with Crippen LogP contribution in [0.25, 0.3) is 0 Å². The Balaban J connectivity index is 1.02. The predicted octanol–water partition coefficient (Wildman–Crippen LogP) is 1.19. The third-order valence-electron chi connectivity index (χ3n) is 7.12. The Bertz CT molecular complexity index is 1020. The molecule has 0 radical (unpaired) electrons. The highest BCUT2D eigenvalue weighted by molar-refractivity contribution is 8.00. The molecule has 242 valence electrons. The van der Waals surface area contributed by atoms with Crippen molar-refractivity contribution in [2.75, 3.05) is 45.3 Å². The minimum absolute atomic E-state index is 0.0144. The van der Waals surface area contributed by atoms with Crippen LogP contribution >= 0.6 is 11.8 Å². The molecule has 2 aliphatic rings. The summed E-state index contributed by atoms with van der Waals surface area (Å²) in [6.45, 7) is 2.43. The molecule has 0 aromatic carbocycles. The number of carbonyl (C=O) groups is 4. The molecule has 1 aromatic heterocycles. The maximum Gasteiger partial charge on any atom is 0.333 e. The highest BCUT2D eigenvalue weighted by atomic mass is 32.2. The fourth-order valence-corrected chi connectivity index (χ4v) is 6.39. The molecule has 3 atom stereocenters. The molecule has 3 rings (SSSR count). The molecule has 0 saturated carbocycles. The number of nitrogens with zero attached hydrogens (tertiary/aromatic N) is 1. The first-order chi connectivity index (χ1) is 20.8. The number of ether oxygens (including phenoxy) is 2. The number of carbonyl (C=O) groups excluding carboxylic acids is 4. The van der Waals surface area contributed by atoms with Crippen molar-refractivity contribution in [3.63, 3.8) is 0 Å². The van der Waals surface area contributed by atoms with Gasteiger partial charge in [0.05, 0.1) is 38.5 Å². The maximum absolute atomic E-state index is 12.0. The number of rotatable bonds is 22. The number of hydrogen-bond donors (Lipinski definition) is 6. The third-order valence-corrected chi connectivity index (χ3v) is 8.62. The van der Waals surface area contributed by atoms with Gasteiger partial charge in [-0.3, -0.25) is 9.59 Å². The van der Waals surface area contributed by atoms with Gasteiger partial charge in [-0.2, -0.15) is 11.8 Å². The molecule has 0 bridgehead atoms. The number of aromatic nitrogens is 1. The molecule has 3 heterocycles. The number of nitrogens with one attached hydrogen (secondary N) is 4. The van der Waals surface area contributed by atoms with Crippen LogP contribution < -0.4 is 26.1 Å². The van der Waals surface area contributed by atoms with Crippen molar-refractivity contribution in [2.45, 2.75) is 81.5 Å². The lowest BCUT2D eigenvalue weighted by Gasteiger charge is -2.16. The number of aromatic hydroxyl groups is 2. The van der Waals surface area contributed by atoms with E-state index in [4.69, 9.17) is 14.3 Å². The molecule has 14 nitrogen and oxygen atoms in total. The Morgan fingerprint density at radius 2 is 1.42 bits per heavy atom. The molecule has 2 saturated heterocycles. The van der Waals surface area contributed by atoms with E-state index in [9.17, 15) is 29.4 Å². The highest BCUT2D eigenvalue weighted by Crippen LogP contribution is 2.33. The standard InChI is InChI=1S/C28H45N5O9S/c34-22(8-3-1-2-4-10-26(38)42-33-24(36)11-12-25(33)37)29-13-15-40-17-18-41-16-14-30-23(35)9-6-5-7-21-27-20(19-43-21)31-28(39)32-27/h11-12,20-21,27,36-37H,1-10,13-19H2,(H,29,34)(H,30,35)(H2,31,32,39)/t20-,21-,27-/m0/s1. The van der Waals surface area contributed by atoms with Crippen molar-refractivity contribution in [1.29, 1.82) is 0 Å². The summed E-state index contributed by atoms with van der Waals surface area (Å²) in [4.78, 5) is 52.0. The summed E-state index contributed by atoms with van der Waals surface area (Å²) in [7, 11) is 0. The van der Waals surface area contributed by atoms with E-state index >= 15 is 0 Å². The van der Waals surface area contributed by atoms with Crippen molar-refractivity contribution < 1.29 is 43.7 Å². The van der Waals surface area contributed by atoms with Gasteiger partial charge in [0, 0.05) is 55.5 Å². The smallest absolute Gasteiger partial charge is 0.333 e. The van der Waals surface area contributed by atoms with Gasteiger partial charge in [0.25, 0.3) is 0 Å². The third kappa shape index (κ3) is 12.9. The largest absolute Gasteiger partial charge is 0.492 e. The lowest BCUT2D eigenvalue weighted by atomic mass is 10.0. The summed E-state index contributed by atoms with van der Waals surface area (Å²) >= 11 is 1.89. The molecule has 0 unspecified atom stereocenters. The summed E-state index contributed by atoms with van der Waals surface area (Å²) in [6.07, 6.45) is 6.60. The summed E-state index contributed by atoms with van der Waals surface area (Å²) in [5, 5.41) is 30.9. The van der Waals surface area contributed by atoms with Crippen LogP contribution in [0, 0.1) is 0 Å². The van der Waals surface area contributed by atoms with E-state index in [1.165, 1.54) is 12.1 Å². The van der Waals surface area contributed by atoms with Crippen LogP contribution in [0.2, 0.25) is 0 Å². The average molecular weight is 628 g/mol. The maximum atomic E-state index is 12.0. The van der Waals surface area contributed by atoms with Crippen molar-refractivity contribution in [2.24, 2.45) is 0 Å². The van der Waals surface area contributed by atoms with Gasteiger partial charge >= 0.3 is 12.0 Å². The molecule has 1 aromatic rings. The van der Waals surface area contributed by atoms with Crippen LogP contribution in [0.4, 0.5) is 4.79 Å². The molecule has 2 aliphatic heterocycles. The second-order valence-corrected chi connectivity index (χ2v) is 11.8. The van der Waals surface area contributed by atoms with E-state index in [0.29, 0.717) is 75.2 Å². The fourth-order valence-electron chi connectivity index (χ4n) is 4.85. The average Bonchev–Trinajstić information content (AvgIpc) is 3.63. The number of thioether (sulfide) groups is 1. The number of urea groups is 1. The van der Waals surface area contributed by atoms with Crippen LogP contribution in [0.15, 0.2) is 12.1 Å². The van der Waals surface area contributed by atoms with E-state index in [-0.39, 0.29) is 48.1 Å². The fraction of sp³-hybridized carbons (Fsp3) is 0.714. The lowest BCUT2D eigenvalue weighted by Crippen LogP contribution is -2.36. The van der Waals surface area contributed by atoms with Crippen molar-refractivity contribution in [1.82, 2.24) is 26.0 Å². The lowest BCUT2D eigenvalue weighted by molar-refractivity contribution is -0.145. The number of amides is 4. The molecule has 2 fully saturated rings. The van der Waals surface area contributed by atoms with Crippen LogP contribution in [0.3, 0.4) is 0 Å². The van der Waals surface area contributed by atoms with Crippen LogP contribution in [-0.2, 0) is 23.9 Å². The van der Waals surface area contributed by atoms with E-state index in [2.05, 4.69) is 21.3 Å². The minimum Gasteiger partial charge on any atom is -0.492 e. The van der Waals surface area contributed by atoms with Crippen molar-refractivity contribution in [3.05, 3.63) is 12.1 Å². The molecule has 0 aliphatic carbocycles. The van der Waals surface area contributed by atoms with Gasteiger partial charge in [0.15, 0.2) is 0 Å². The highest BCUT2D eigenvalue weighted by Gasteiger charge is 2.42. The summed E-state index contributed by atoms with van der Waals surface area (Å²) in [6, 6.07) is 2.80. The normalized spacial score (nSPS) is 19.0. The Morgan fingerprint density at radius 3 is 2.05 bits per heavy atom. The Hall–Kier alpha value is -3.17. The van der Waals surface area contributed by atoms with Crippen molar-refractivity contribution in [3.8, 4) is 11.8 Å². The van der Waals surface area contributed by atoms with Crippen molar-refractivity contribution >= 4 is 35.6 Å². The Morgan fingerprint density at radius 1 is 0.837 bits per heavy atom. The minimum atomic E-state index is -0.563. The van der Waals surface area contributed by atoms with Gasteiger partial charge in [0.2, 0.25) is 23.6 Å². The van der Waals surface area contributed by atoms with Gasteiger partial charge < -0.3 is 45.8 Å². The second kappa shape index (κ2) is 19.2. The zero-order valence-corrected chi connectivity index (χ0v) is 25.3. The zero-order chi connectivity index (χ0) is 30.9. The zero-order valence-electron chi connectivity index (χ0n) is 24.5. The van der Waals surface area contributed by atoms with Gasteiger partial charge in [-0.05, 0) is 25.7 Å². The summed E-state index contributed by atoms with van der Waals surface area (Å²) in [5.41, 5.74) is 0. The van der Waals surface area contributed by atoms with E-state index in [1.54, 1.807) is 0 Å². The summed E-state index contributed by atoms with van der Waals surface area (Å²) < 4.78 is 11.6. The topological polar surface area (TPSA) is 189 Å². The van der Waals surface area contributed by atoms with Gasteiger partial charge in [-0.1, -0.05) is 19.3 Å². The first kappa shape index (κ1) is 34.3. The first-order valence-electron chi connectivity index (χ1n) is 15.0. The SMILES string of the molecule is O=C(CCCCCCC(=O)On1c(O)ccc1O)NCCOCCOCCNC(=O)CCCC[C@@H]1SC[C@@H]2NC(=O)N[C@@H]21.